The molecule has 1 amide bonds. The van der Waals surface area contributed by atoms with Crippen molar-refractivity contribution >= 4 is 11.6 Å². The van der Waals surface area contributed by atoms with Gasteiger partial charge in [0.05, 0.1) is 12.1 Å². The molecule has 0 aliphatic rings. The molecule has 0 spiro atoms. The number of amides is 1. The predicted molar refractivity (Wildman–Crippen MR) is 69.9 cm³/mol. The maximum absolute atomic E-state index is 13.5. The molecule has 2 nitrogen and oxygen atoms in total. The number of carbonyl (C=O) groups is 1. The molecule has 0 atom stereocenters. The summed E-state index contributed by atoms with van der Waals surface area (Å²) in [7, 11) is 0. The minimum Gasteiger partial charge on any atom is -0.323 e. The molecule has 0 radical (unpaired) electrons. The summed E-state index contributed by atoms with van der Waals surface area (Å²) in [6, 6.07) is 10.5. The Balaban J connectivity index is 2.08. The van der Waals surface area contributed by atoms with Gasteiger partial charge in [-0.15, -0.1) is 0 Å². The number of anilines is 1. The lowest BCUT2D eigenvalue weighted by Crippen LogP contribution is -2.16. The third-order valence-corrected chi connectivity index (χ3v) is 2.71. The van der Waals surface area contributed by atoms with Crippen LogP contribution in [0, 0.1) is 18.6 Å². The van der Waals surface area contributed by atoms with Gasteiger partial charge in [-0.3, -0.25) is 4.79 Å². The van der Waals surface area contributed by atoms with Gasteiger partial charge in [0.2, 0.25) is 5.91 Å². The molecule has 0 saturated carbocycles. The van der Waals surface area contributed by atoms with Gasteiger partial charge in [0.15, 0.2) is 0 Å². The molecular weight excluding hydrogens is 248 g/mol. The average molecular weight is 261 g/mol. The van der Waals surface area contributed by atoms with Gasteiger partial charge in [0, 0.05) is 0 Å². The Hall–Kier alpha value is -2.23. The van der Waals surface area contributed by atoms with E-state index in [1.165, 1.54) is 24.3 Å². The number of benzene rings is 2. The number of carbonyl (C=O) groups excluding carboxylic acids is 1. The third-order valence-electron chi connectivity index (χ3n) is 2.71. The molecule has 0 unspecified atom stereocenters. The second-order valence-electron chi connectivity index (χ2n) is 4.30. The zero-order chi connectivity index (χ0) is 13.8. The highest BCUT2D eigenvalue weighted by Gasteiger charge is 2.10. The molecule has 2 aromatic rings. The van der Waals surface area contributed by atoms with E-state index in [0.29, 0.717) is 0 Å². The highest BCUT2D eigenvalue weighted by molar-refractivity contribution is 5.92. The zero-order valence-electron chi connectivity index (χ0n) is 10.4. The summed E-state index contributed by atoms with van der Waals surface area (Å²) in [5, 5.41) is 2.43. The molecule has 0 fully saturated rings. The monoisotopic (exact) mass is 261 g/mol. The van der Waals surface area contributed by atoms with Crippen LogP contribution in [0.3, 0.4) is 0 Å². The van der Waals surface area contributed by atoms with Gasteiger partial charge >= 0.3 is 0 Å². The Bertz CT molecular complexity index is 611. The van der Waals surface area contributed by atoms with Crippen LogP contribution in [0.2, 0.25) is 0 Å². The van der Waals surface area contributed by atoms with Crippen molar-refractivity contribution in [1.29, 1.82) is 0 Å². The van der Waals surface area contributed by atoms with E-state index in [4.69, 9.17) is 0 Å². The van der Waals surface area contributed by atoms with Crippen molar-refractivity contribution in [2.24, 2.45) is 0 Å². The van der Waals surface area contributed by atoms with Crippen molar-refractivity contribution in [2.75, 3.05) is 5.32 Å². The molecule has 0 saturated heterocycles. The van der Waals surface area contributed by atoms with Crippen LogP contribution in [-0.4, -0.2) is 5.91 Å². The maximum atomic E-state index is 13.5. The summed E-state index contributed by atoms with van der Waals surface area (Å²) in [5.74, 6) is -1.39. The van der Waals surface area contributed by atoms with Crippen LogP contribution >= 0.6 is 0 Å². The first-order valence-electron chi connectivity index (χ1n) is 5.85. The quantitative estimate of drug-likeness (QED) is 0.900. The highest BCUT2D eigenvalue weighted by atomic mass is 19.1. The normalized spacial score (nSPS) is 10.3. The first kappa shape index (κ1) is 13.2. The number of rotatable bonds is 3. The Morgan fingerprint density at radius 1 is 1.11 bits per heavy atom. The van der Waals surface area contributed by atoms with Gasteiger partial charge in [-0.2, -0.15) is 0 Å². The van der Waals surface area contributed by atoms with E-state index in [2.05, 4.69) is 5.32 Å². The number of hydrogen-bond acceptors (Lipinski definition) is 1. The molecule has 0 aliphatic heterocycles. The summed E-state index contributed by atoms with van der Waals surface area (Å²) in [6.07, 6.45) is -0.125. The summed E-state index contributed by atoms with van der Waals surface area (Å²) in [4.78, 5) is 11.7. The summed E-state index contributed by atoms with van der Waals surface area (Å²) in [5.41, 5.74) is 1.16. The van der Waals surface area contributed by atoms with Crippen LogP contribution in [0.15, 0.2) is 42.5 Å². The molecule has 2 rings (SSSR count). The van der Waals surface area contributed by atoms with Crippen molar-refractivity contribution < 1.29 is 13.6 Å². The molecule has 1 N–H and O–H groups in total. The molecule has 0 heterocycles. The minimum absolute atomic E-state index is 0.104. The molecule has 0 aliphatic carbocycles. The molecule has 0 aromatic heterocycles. The Kier molecular flexibility index (Phi) is 3.90. The van der Waals surface area contributed by atoms with E-state index in [9.17, 15) is 13.6 Å². The van der Waals surface area contributed by atoms with Crippen LogP contribution in [0.5, 0.6) is 0 Å². The minimum atomic E-state index is -0.498. The fraction of sp³-hybridized carbons (Fsp3) is 0.133. The van der Waals surface area contributed by atoms with Crippen LogP contribution in [0.25, 0.3) is 0 Å². The van der Waals surface area contributed by atoms with Crippen molar-refractivity contribution in [3.05, 3.63) is 65.2 Å². The Labute approximate surface area is 110 Å². The summed E-state index contributed by atoms with van der Waals surface area (Å²) in [6.45, 7) is 1.76. The average Bonchev–Trinajstić information content (AvgIpc) is 2.36. The lowest BCUT2D eigenvalue weighted by atomic mass is 10.1. The van der Waals surface area contributed by atoms with E-state index < -0.39 is 17.5 Å². The first-order valence-corrected chi connectivity index (χ1v) is 5.85. The van der Waals surface area contributed by atoms with E-state index in [1.807, 2.05) is 0 Å². The van der Waals surface area contributed by atoms with E-state index in [1.54, 1.807) is 25.1 Å². The largest absolute Gasteiger partial charge is 0.323 e. The van der Waals surface area contributed by atoms with Crippen LogP contribution < -0.4 is 5.32 Å². The van der Waals surface area contributed by atoms with Gasteiger partial charge in [0.25, 0.3) is 0 Å². The smallest absolute Gasteiger partial charge is 0.228 e. The van der Waals surface area contributed by atoms with E-state index >= 15 is 0 Å². The number of aryl methyl sites for hydroxylation is 1. The lowest BCUT2D eigenvalue weighted by molar-refractivity contribution is -0.115. The van der Waals surface area contributed by atoms with Crippen molar-refractivity contribution in [3.8, 4) is 0 Å². The molecular formula is C15H13F2NO. The van der Waals surface area contributed by atoms with Gasteiger partial charge in [-0.25, -0.2) is 8.78 Å². The summed E-state index contributed by atoms with van der Waals surface area (Å²) < 4.78 is 26.9. The van der Waals surface area contributed by atoms with Gasteiger partial charge in [-0.1, -0.05) is 24.3 Å². The van der Waals surface area contributed by atoms with Crippen molar-refractivity contribution in [1.82, 2.24) is 0 Å². The van der Waals surface area contributed by atoms with E-state index in [0.717, 1.165) is 5.56 Å². The van der Waals surface area contributed by atoms with E-state index in [-0.39, 0.29) is 17.7 Å². The zero-order valence-corrected chi connectivity index (χ0v) is 10.4. The van der Waals surface area contributed by atoms with Gasteiger partial charge in [0.1, 0.15) is 11.6 Å². The topological polar surface area (TPSA) is 29.1 Å². The first-order chi connectivity index (χ1) is 9.06. The number of hydrogen-bond donors (Lipinski definition) is 1. The van der Waals surface area contributed by atoms with Crippen LogP contribution in [-0.2, 0) is 11.2 Å². The van der Waals surface area contributed by atoms with Crippen LogP contribution in [0.1, 0.15) is 11.1 Å². The Morgan fingerprint density at radius 2 is 1.84 bits per heavy atom. The maximum Gasteiger partial charge on any atom is 0.228 e. The number of nitrogens with one attached hydrogen (secondary N) is 1. The third kappa shape index (κ3) is 3.37. The second kappa shape index (κ2) is 5.61. The molecule has 0 bridgehead atoms. The van der Waals surface area contributed by atoms with Crippen LogP contribution in [0.4, 0.5) is 14.5 Å². The molecule has 98 valence electrons. The van der Waals surface area contributed by atoms with Crippen molar-refractivity contribution in [3.63, 3.8) is 0 Å². The predicted octanol–water partition coefficient (Wildman–Crippen LogP) is 3.45. The molecule has 19 heavy (non-hydrogen) atoms. The fourth-order valence-corrected chi connectivity index (χ4v) is 1.73. The second-order valence-corrected chi connectivity index (χ2v) is 4.30. The Morgan fingerprint density at radius 3 is 2.53 bits per heavy atom. The standard InChI is InChI=1S/C15H13F2NO/c1-10-6-7-14(13(17)8-10)18-15(19)9-11-4-2-3-5-12(11)16/h2-8H,9H2,1H3,(H,18,19). The van der Waals surface area contributed by atoms with Gasteiger partial charge < -0.3 is 5.32 Å². The van der Waals surface area contributed by atoms with Gasteiger partial charge in [-0.05, 0) is 36.2 Å². The molecule has 4 heteroatoms. The highest BCUT2D eigenvalue weighted by Crippen LogP contribution is 2.16. The lowest BCUT2D eigenvalue weighted by Gasteiger charge is -2.07. The summed E-state index contributed by atoms with van der Waals surface area (Å²) >= 11 is 0. The molecule has 2 aromatic carbocycles. The van der Waals surface area contributed by atoms with Crippen molar-refractivity contribution in [2.45, 2.75) is 13.3 Å². The fourth-order valence-electron chi connectivity index (χ4n) is 1.73. The number of halogens is 2. The SMILES string of the molecule is Cc1ccc(NC(=O)Cc2ccccc2F)c(F)c1.